The highest BCUT2D eigenvalue weighted by Crippen LogP contribution is 2.52. The van der Waals surface area contributed by atoms with E-state index in [2.05, 4.69) is 22.1 Å². The molecule has 2 saturated heterocycles. The van der Waals surface area contributed by atoms with Crippen LogP contribution in [0.2, 0.25) is 0 Å². The Morgan fingerprint density at radius 2 is 1.63 bits per heavy atom. The van der Waals surface area contributed by atoms with Crippen molar-refractivity contribution < 1.29 is 4.42 Å². The van der Waals surface area contributed by atoms with E-state index in [1.165, 1.54) is 77.0 Å². The average Bonchev–Trinajstić information content (AvgIpc) is 3.26. The molecule has 4 atom stereocenters. The molecule has 1 unspecified atom stereocenters. The van der Waals surface area contributed by atoms with Crippen LogP contribution in [0, 0.1) is 11.8 Å². The minimum Gasteiger partial charge on any atom is -0.425 e. The molecular weight excluding hydrogens is 358 g/mol. The van der Waals surface area contributed by atoms with Gasteiger partial charge in [-0.15, -0.1) is 21.8 Å². The van der Waals surface area contributed by atoms with Crippen molar-refractivity contribution >= 4 is 11.6 Å². The number of nitrogens with zero attached hydrogens (tertiary/aromatic N) is 3. The van der Waals surface area contributed by atoms with Crippen molar-refractivity contribution in [3.8, 4) is 0 Å². The van der Waals surface area contributed by atoms with Crippen molar-refractivity contribution in [3.63, 3.8) is 0 Å². The third kappa shape index (κ3) is 3.46. The van der Waals surface area contributed by atoms with E-state index in [9.17, 15) is 0 Å². The van der Waals surface area contributed by atoms with Crippen molar-refractivity contribution in [2.45, 2.75) is 106 Å². The topological polar surface area (TPSA) is 42.2 Å². The number of aromatic nitrogens is 2. The number of piperidine rings is 1. The lowest BCUT2D eigenvalue weighted by Crippen LogP contribution is -2.47. The number of halogens is 1. The Balaban J connectivity index is 1.41. The van der Waals surface area contributed by atoms with E-state index in [1.54, 1.807) is 0 Å². The fourth-order valence-corrected chi connectivity index (χ4v) is 6.99. The normalized spacial score (nSPS) is 41.1. The molecule has 5 heteroatoms. The first-order valence-electron chi connectivity index (χ1n) is 11.4. The summed E-state index contributed by atoms with van der Waals surface area (Å²) in [6.07, 6.45) is 15.3. The Labute approximate surface area is 168 Å². The molecule has 0 N–H and O–H groups in total. The molecule has 0 aromatic carbocycles. The Morgan fingerprint density at radius 3 is 2.41 bits per heavy atom. The highest BCUT2D eigenvalue weighted by Gasteiger charge is 2.50. The van der Waals surface area contributed by atoms with Crippen LogP contribution in [-0.4, -0.2) is 39.6 Å². The third-order valence-electron chi connectivity index (χ3n) is 8.32. The van der Waals surface area contributed by atoms with E-state index in [0.717, 1.165) is 23.7 Å². The molecule has 2 aliphatic heterocycles. The first kappa shape index (κ1) is 18.4. The Kier molecular flexibility index (Phi) is 5.23. The lowest BCUT2D eigenvalue weighted by atomic mass is 9.68. The average molecular weight is 392 g/mol. The lowest BCUT2D eigenvalue weighted by molar-refractivity contribution is 0.0515. The summed E-state index contributed by atoms with van der Waals surface area (Å²) in [5.74, 6) is 4.29. The van der Waals surface area contributed by atoms with Gasteiger partial charge in [0, 0.05) is 23.4 Å². The molecule has 150 valence electrons. The summed E-state index contributed by atoms with van der Waals surface area (Å²) in [7, 11) is 2.32. The molecule has 1 aromatic rings. The molecular formula is C22H34ClN3O. The quantitative estimate of drug-likeness (QED) is 0.639. The van der Waals surface area contributed by atoms with E-state index >= 15 is 0 Å². The maximum atomic E-state index is 6.43. The highest BCUT2D eigenvalue weighted by atomic mass is 35.5. The van der Waals surface area contributed by atoms with Crippen molar-refractivity contribution in [3.05, 3.63) is 11.8 Å². The summed E-state index contributed by atoms with van der Waals surface area (Å²) < 4.78 is 6.43. The number of hydrogen-bond donors (Lipinski definition) is 0. The fraction of sp³-hybridized carbons (Fsp3) is 0.909. The summed E-state index contributed by atoms with van der Waals surface area (Å²) in [6.45, 7) is 0. The standard InChI is InChI=1S/C22H34ClN3O/c1-26-17-11-12-19(26)20(18(13-17)14-7-9-16(23)10-8-14)22-25-24-21(27-22)15-5-3-2-4-6-15/h14-20H,2-13H2,1H3/t14?,16?,17-,18-,19?,20-/m1/s1. The van der Waals surface area contributed by atoms with Crippen LogP contribution < -0.4 is 0 Å². The van der Waals surface area contributed by atoms with Crippen LogP contribution in [0.3, 0.4) is 0 Å². The van der Waals surface area contributed by atoms with E-state index < -0.39 is 0 Å². The zero-order valence-corrected chi connectivity index (χ0v) is 17.4. The summed E-state index contributed by atoms with van der Waals surface area (Å²) in [5, 5.41) is 9.61. The van der Waals surface area contributed by atoms with Crippen molar-refractivity contribution in [1.29, 1.82) is 0 Å². The molecule has 27 heavy (non-hydrogen) atoms. The Morgan fingerprint density at radius 1 is 0.889 bits per heavy atom. The third-order valence-corrected chi connectivity index (χ3v) is 8.75. The summed E-state index contributed by atoms with van der Waals surface area (Å²) in [4.78, 5) is 2.62. The van der Waals surface area contributed by atoms with E-state index in [4.69, 9.17) is 16.0 Å². The minimum atomic E-state index is 0.393. The molecule has 2 aliphatic carbocycles. The Bertz CT molecular complexity index is 635. The van der Waals surface area contributed by atoms with Gasteiger partial charge in [-0.1, -0.05) is 19.3 Å². The van der Waals surface area contributed by atoms with Crippen LogP contribution >= 0.6 is 11.6 Å². The number of fused-ring (bicyclic) bond motifs is 2. The van der Waals surface area contributed by atoms with Gasteiger partial charge in [-0.25, -0.2) is 0 Å². The van der Waals surface area contributed by atoms with Gasteiger partial charge in [0.1, 0.15) is 0 Å². The molecule has 4 nitrogen and oxygen atoms in total. The van der Waals surface area contributed by atoms with Gasteiger partial charge < -0.3 is 4.42 Å². The van der Waals surface area contributed by atoms with Gasteiger partial charge in [0.15, 0.2) is 0 Å². The van der Waals surface area contributed by atoms with Crippen molar-refractivity contribution in [2.24, 2.45) is 11.8 Å². The van der Waals surface area contributed by atoms with Gasteiger partial charge in [0.05, 0.1) is 5.92 Å². The molecule has 2 bridgehead atoms. The molecule has 0 radical (unpaired) electrons. The van der Waals surface area contributed by atoms with Crippen LogP contribution in [0.5, 0.6) is 0 Å². The van der Waals surface area contributed by atoms with E-state index in [1.807, 2.05) is 0 Å². The fourth-order valence-electron chi connectivity index (χ4n) is 6.74. The van der Waals surface area contributed by atoms with Gasteiger partial charge in [-0.3, -0.25) is 4.90 Å². The second-order valence-electron chi connectivity index (χ2n) is 9.71. The first-order valence-corrected chi connectivity index (χ1v) is 11.8. The highest BCUT2D eigenvalue weighted by molar-refractivity contribution is 6.20. The number of alkyl halides is 1. The maximum Gasteiger partial charge on any atom is 0.221 e. The molecule has 4 fully saturated rings. The van der Waals surface area contributed by atoms with Crippen LogP contribution in [0.4, 0.5) is 0 Å². The summed E-state index contributed by atoms with van der Waals surface area (Å²) >= 11 is 6.41. The SMILES string of the molecule is CN1C2CC[C@@H]1C[C@H](C1CCC(Cl)CC1)[C@H]2c1nnc(C2CCCCC2)o1. The number of hydrogen-bond acceptors (Lipinski definition) is 4. The zero-order valence-electron chi connectivity index (χ0n) is 16.7. The van der Waals surface area contributed by atoms with Crippen LogP contribution in [-0.2, 0) is 0 Å². The zero-order chi connectivity index (χ0) is 18.4. The Hall–Kier alpha value is -0.610. The molecule has 4 aliphatic rings. The smallest absolute Gasteiger partial charge is 0.221 e. The summed E-state index contributed by atoms with van der Waals surface area (Å²) in [5.41, 5.74) is 0. The monoisotopic (exact) mass is 391 g/mol. The van der Waals surface area contributed by atoms with Crippen LogP contribution in [0.25, 0.3) is 0 Å². The molecule has 5 rings (SSSR count). The van der Waals surface area contributed by atoms with Crippen LogP contribution in [0.1, 0.15) is 101 Å². The van der Waals surface area contributed by atoms with Gasteiger partial charge >= 0.3 is 0 Å². The maximum absolute atomic E-state index is 6.43. The predicted octanol–water partition coefficient (Wildman–Crippen LogP) is 5.48. The second-order valence-corrected chi connectivity index (χ2v) is 10.3. The predicted molar refractivity (Wildman–Crippen MR) is 107 cm³/mol. The molecule has 1 aromatic heterocycles. The van der Waals surface area contributed by atoms with Crippen LogP contribution in [0.15, 0.2) is 4.42 Å². The molecule has 0 spiro atoms. The largest absolute Gasteiger partial charge is 0.425 e. The van der Waals surface area contributed by atoms with Crippen molar-refractivity contribution in [1.82, 2.24) is 15.1 Å². The van der Waals surface area contributed by atoms with Gasteiger partial charge in [-0.2, -0.15) is 0 Å². The molecule has 0 amide bonds. The van der Waals surface area contributed by atoms with Gasteiger partial charge in [0.25, 0.3) is 0 Å². The second kappa shape index (κ2) is 7.67. The van der Waals surface area contributed by atoms with E-state index in [-0.39, 0.29) is 0 Å². The summed E-state index contributed by atoms with van der Waals surface area (Å²) in [6, 6.07) is 1.34. The van der Waals surface area contributed by atoms with Crippen molar-refractivity contribution in [2.75, 3.05) is 7.05 Å². The number of likely N-dealkylation sites (N-methyl/N-ethyl adjacent to an activating group) is 1. The molecule has 2 saturated carbocycles. The number of rotatable bonds is 3. The van der Waals surface area contributed by atoms with Gasteiger partial charge in [-0.05, 0) is 76.7 Å². The molecule has 3 heterocycles. The minimum absolute atomic E-state index is 0.393. The van der Waals surface area contributed by atoms with Gasteiger partial charge in [0.2, 0.25) is 11.8 Å². The lowest BCUT2D eigenvalue weighted by Gasteiger charge is -2.45. The van der Waals surface area contributed by atoms with E-state index in [0.29, 0.717) is 29.2 Å². The first-order chi connectivity index (χ1) is 13.2.